The van der Waals surface area contributed by atoms with E-state index in [1.54, 1.807) is 7.11 Å². The third-order valence-electron chi connectivity index (χ3n) is 7.33. The number of methoxy groups -OCH3 is 1. The summed E-state index contributed by atoms with van der Waals surface area (Å²) in [5.41, 5.74) is 8.28. The number of hydrogen-bond acceptors (Lipinski definition) is 5. The Balaban J connectivity index is 1.49. The number of benzene rings is 1. The maximum atomic E-state index is 13.2. The van der Waals surface area contributed by atoms with Crippen molar-refractivity contribution in [3.8, 4) is 5.75 Å². The van der Waals surface area contributed by atoms with Gasteiger partial charge in [-0.25, -0.2) is 8.42 Å². The second-order valence-corrected chi connectivity index (χ2v) is 11.2. The molecule has 3 aliphatic rings. The van der Waals surface area contributed by atoms with Crippen LogP contribution in [0.1, 0.15) is 62.1 Å². The average molecular weight is 436 g/mol. The highest BCUT2D eigenvalue weighted by Crippen LogP contribution is 2.44. The Morgan fingerprint density at radius 3 is 2.80 bits per heavy atom. The number of fused-ring (bicyclic) bond motifs is 4. The Bertz CT molecular complexity index is 829. The zero-order chi connectivity index (χ0) is 21.1. The first-order valence-corrected chi connectivity index (χ1v) is 13.2. The molecule has 2 fully saturated rings. The third-order valence-corrected chi connectivity index (χ3v) is 9.31. The van der Waals surface area contributed by atoms with E-state index in [0.717, 1.165) is 70.2 Å². The lowest BCUT2D eigenvalue weighted by atomic mass is 9.77. The monoisotopic (exact) mass is 435 g/mol. The fraction of sp³-hybridized carbons (Fsp3) is 0.739. The fourth-order valence-electron chi connectivity index (χ4n) is 5.76. The second-order valence-electron chi connectivity index (χ2n) is 9.16. The average Bonchev–Trinajstić information content (AvgIpc) is 2.76. The predicted octanol–water partition coefficient (Wildman–Crippen LogP) is 2.93. The van der Waals surface area contributed by atoms with Gasteiger partial charge in [0.25, 0.3) is 0 Å². The highest BCUT2D eigenvalue weighted by Gasteiger charge is 2.45. The highest BCUT2D eigenvalue weighted by atomic mass is 32.2. The molecule has 0 aliphatic carbocycles. The normalized spacial score (nSPS) is 27.2. The van der Waals surface area contributed by atoms with Crippen molar-refractivity contribution in [1.82, 2.24) is 9.21 Å². The van der Waals surface area contributed by atoms with E-state index in [1.165, 1.54) is 11.1 Å². The van der Waals surface area contributed by atoms with Crippen molar-refractivity contribution >= 4 is 10.0 Å². The smallest absolute Gasteiger partial charge is 0.214 e. The van der Waals surface area contributed by atoms with E-state index in [4.69, 9.17) is 10.5 Å². The summed E-state index contributed by atoms with van der Waals surface area (Å²) in [5, 5.41) is 0. The second kappa shape index (κ2) is 9.55. The number of hydrogen-bond donors (Lipinski definition) is 1. The van der Waals surface area contributed by atoms with Gasteiger partial charge in [0.1, 0.15) is 5.75 Å². The van der Waals surface area contributed by atoms with Gasteiger partial charge in [-0.1, -0.05) is 18.9 Å². The van der Waals surface area contributed by atoms with Crippen molar-refractivity contribution in [3.63, 3.8) is 0 Å². The van der Waals surface area contributed by atoms with Crippen LogP contribution in [-0.2, 0) is 16.4 Å². The van der Waals surface area contributed by atoms with Crippen LogP contribution in [0.25, 0.3) is 0 Å². The highest BCUT2D eigenvalue weighted by molar-refractivity contribution is 7.89. The molecule has 3 aliphatic heterocycles. The standard InChI is InChI=1S/C23H37N3O3S/c1-29-20-8-9-21-18(15-20)10-13-25-17-19-7-6-12-26(22(19)16-23(21)25)30(27,28)14-5-3-2-4-11-24/h8-9,15,19,22-23H,2-7,10-14,16-17,24H2,1H3/t19-,22+,23+/m1/s1. The van der Waals surface area contributed by atoms with Crippen LogP contribution in [0.5, 0.6) is 5.75 Å². The Labute approximate surface area is 181 Å². The summed E-state index contributed by atoms with van der Waals surface area (Å²) in [5.74, 6) is 1.65. The summed E-state index contributed by atoms with van der Waals surface area (Å²) in [7, 11) is -1.49. The molecule has 7 heteroatoms. The molecule has 0 spiro atoms. The number of nitrogens with two attached hydrogens (primary N) is 1. The predicted molar refractivity (Wildman–Crippen MR) is 120 cm³/mol. The molecule has 30 heavy (non-hydrogen) atoms. The van der Waals surface area contributed by atoms with E-state index in [1.807, 2.05) is 10.4 Å². The molecule has 0 aromatic heterocycles. The van der Waals surface area contributed by atoms with E-state index in [-0.39, 0.29) is 11.8 Å². The van der Waals surface area contributed by atoms with Gasteiger partial charge in [0.2, 0.25) is 10.0 Å². The molecule has 2 saturated heterocycles. The minimum absolute atomic E-state index is 0.141. The molecule has 0 saturated carbocycles. The van der Waals surface area contributed by atoms with E-state index < -0.39 is 10.0 Å². The van der Waals surface area contributed by atoms with Crippen LogP contribution >= 0.6 is 0 Å². The number of ether oxygens (including phenoxy) is 1. The van der Waals surface area contributed by atoms with Crippen molar-refractivity contribution in [2.45, 2.75) is 63.5 Å². The largest absolute Gasteiger partial charge is 0.497 e. The van der Waals surface area contributed by atoms with E-state index in [2.05, 4.69) is 17.0 Å². The molecule has 1 aromatic carbocycles. The molecule has 0 radical (unpaired) electrons. The van der Waals surface area contributed by atoms with Crippen LogP contribution in [0, 0.1) is 5.92 Å². The third kappa shape index (κ3) is 4.54. The number of unbranched alkanes of at least 4 members (excludes halogenated alkanes) is 3. The molecule has 168 valence electrons. The quantitative estimate of drug-likeness (QED) is 0.636. The van der Waals surface area contributed by atoms with Gasteiger partial charge in [-0.3, -0.25) is 4.90 Å². The molecule has 4 rings (SSSR count). The summed E-state index contributed by atoms with van der Waals surface area (Å²) in [4.78, 5) is 2.60. The number of nitrogens with zero attached hydrogens (tertiary/aromatic N) is 2. The SMILES string of the molecule is COc1ccc2c(c1)CCN1C[C@H]3CCCN(S(=O)(=O)CCCCCCN)[C@H]3C[C@@H]21. The van der Waals surface area contributed by atoms with Gasteiger partial charge in [0, 0.05) is 31.7 Å². The van der Waals surface area contributed by atoms with Gasteiger partial charge in [-0.2, -0.15) is 4.31 Å². The first kappa shape index (κ1) is 22.1. The molecular formula is C23H37N3O3S. The molecular weight excluding hydrogens is 398 g/mol. The minimum atomic E-state index is -3.20. The zero-order valence-electron chi connectivity index (χ0n) is 18.3. The van der Waals surface area contributed by atoms with Crippen molar-refractivity contribution in [3.05, 3.63) is 29.3 Å². The number of piperidine rings is 2. The van der Waals surface area contributed by atoms with Crippen LogP contribution in [0.3, 0.4) is 0 Å². The summed E-state index contributed by atoms with van der Waals surface area (Å²) in [6.07, 6.45) is 7.79. The zero-order valence-corrected chi connectivity index (χ0v) is 19.1. The summed E-state index contributed by atoms with van der Waals surface area (Å²) < 4.78 is 33.8. The molecule has 0 unspecified atom stereocenters. The molecule has 6 nitrogen and oxygen atoms in total. The van der Waals surface area contributed by atoms with Crippen LogP contribution in [0.15, 0.2) is 18.2 Å². The lowest BCUT2D eigenvalue weighted by Crippen LogP contribution is -2.57. The fourth-order valence-corrected chi connectivity index (χ4v) is 7.64. The van der Waals surface area contributed by atoms with Gasteiger partial charge in [-0.05, 0) is 74.2 Å². The summed E-state index contributed by atoms with van der Waals surface area (Å²) >= 11 is 0. The first-order valence-electron chi connectivity index (χ1n) is 11.6. The van der Waals surface area contributed by atoms with Crippen molar-refractivity contribution in [2.75, 3.05) is 39.0 Å². The lowest BCUT2D eigenvalue weighted by molar-refractivity contribution is 0.0219. The number of rotatable bonds is 8. The topological polar surface area (TPSA) is 75.9 Å². The Morgan fingerprint density at radius 2 is 2.00 bits per heavy atom. The van der Waals surface area contributed by atoms with Gasteiger partial charge in [-0.15, -0.1) is 0 Å². The van der Waals surface area contributed by atoms with E-state index in [0.29, 0.717) is 25.0 Å². The van der Waals surface area contributed by atoms with Crippen molar-refractivity contribution < 1.29 is 13.2 Å². The van der Waals surface area contributed by atoms with Gasteiger partial charge in [0.05, 0.1) is 12.9 Å². The summed E-state index contributed by atoms with van der Waals surface area (Å²) in [6.45, 7) is 3.45. The molecule has 0 amide bonds. The maximum Gasteiger partial charge on any atom is 0.214 e. The first-order chi connectivity index (χ1) is 14.5. The van der Waals surface area contributed by atoms with Crippen molar-refractivity contribution in [2.24, 2.45) is 11.7 Å². The van der Waals surface area contributed by atoms with Crippen LogP contribution in [0.4, 0.5) is 0 Å². The van der Waals surface area contributed by atoms with E-state index in [9.17, 15) is 8.42 Å². The Hall–Kier alpha value is -1.15. The Kier molecular flexibility index (Phi) is 7.02. The van der Waals surface area contributed by atoms with E-state index >= 15 is 0 Å². The molecule has 1 aromatic rings. The van der Waals surface area contributed by atoms with Gasteiger partial charge in [0.15, 0.2) is 0 Å². The molecule has 3 heterocycles. The van der Waals surface area contributed by atoms with Crippen LogP contribution in [-0.4, -0.2) is 62.7 Å². The molecule has 2 N–H and O–H groups in total. The minimum Gasteiger partial charge on any atom is -0.497 e. The molecule has 0 bridgehead atoms. The van der Waals surface area contributed by atoms with Crippen LogP contribution < -0.4 is 10.5 Å². The van der Waals surface area contributed by atoms with Crippen LogP contribution in [0.2, 0.25) is 0 Å². The molecule has 3 atom stereocenters. The maximum absolute atomic E-state index is 13.2. The van der Waals surface area contributed by atoms with Gasteiger partial charge >= 0.3 is 0 Å². The lowest BCUT2D eigenvalue weighted by Gasteiger charge is -2.51. The van der Waals surface area contributed by atoms with Crippen molar-refractivity contribution in [1.29, 1.82) is 0 Å². The Morgan fingerprint density at radius 1 is 1.17 bits per heavy atom. The van der Waals surface area contributed by atoms with Gasteiger partial charge < -0.3 is 10.5 Å². The number of sulfonamides is 1. The summed E-state index contributed by atoms with van der Waals surface area (Å²) in [6, 6.07) is 6.87.